The summed E-state index contributed by atoms with van der Waals surface area (Å²) in [4.78, 5) is 12.0. The molecule has 0 unspecified atom stereocenters. The van der Waals surface area contributed by atoms with Gasteiger partial charge in [0.25, 0.3) is 0 Å². The Labute approximate surface area is 202 Å². The smallest absolute Gasteiger partial charge is 0.336 e. The molecule has 6 rings (SSSR count). The van der Waals surface area contributed by atoms with Crippen LogP contribution in [0.3, 0.4) is 0 Å². The summed E-state index contributed by atoms with van der Waals surface area (Å²) in [5.41, 5.74) is 0.466. The summed E-state index contributed by atoms with van der Waals surface area (Å²) >= 11 is 0. The van der Waals surface area contributed by atoms with Gasteiger partial charge in [-0.3, -0.25) is 0 Å². The van der Waals surface area contributed by atoms with Gasteiger partial charge < -0.3 is 15.3 Å². The van der Waals surface area contributed by atoms with Crippen LogP contribution in [-0.4, -0.2) is 42.8 Å². The summed E-state index contributed by atoms with van der Waals surface area (Å²) < 4.78 is 29.0. The minimum atomic E-state index is -1.81. The first-order valence-corrected chi connectivity index (χ1v) is 12.4. The van der Waals surface area contributed by atoms with Gasteiger partial charge in [0.15, 0.2) is 17.2 Å². The molecule has 1 aromatic heterocycles. The van der Waals surface area contributed by atoms with E-state index in [1.165, 1.54) is 11.6 Å². The van der Waals surface area contributed by atoms with Crippen molar-refractivity contribution >= 4 is 12.0 Å². The van der Waals surface area contributed by atoms with Crippen LogP contribution in [0.15, 0.2) is 30.0 Å². The molecular formula is C27H30F2N2O4. The third-order valence-electron chi connectivity index (χ3n) is 10.1. The lowest BCUT2D eigenvalue weighted by molar-refractivity contribution is -0.193. The third kappa shape index (κ3) is 2.87. The number of aliphatic hydroxyl groups is 2. The number of carbonyl (C=O) groups is 1. The lowest BCUT2D eigenvalue weighted by Gasteiger charge is -2.60. The molecule has 0 saturated heterocycles. The molecule has 0 bridgehead atoms. The number of aliphatic carboxylic acids is 1. The Morgan fingerprint density at radius 3 is 2.69 bits per heavy atom. The van der Waals surface area contributed by atoms with Crippen LogP contribution in [0.5, 0.6) is 0 Å². The standard InChI is InChI=1S/C27H30F2N2O4/c1-25-11-14-13-30-31(16-4-6-19(28)20(29)10-16)21(14)9-15(25)3-5-17-18-7-8-27(35,24(33)34)26(18,2)12-22(32)23(17)25/h4,6,9-10,13,17-18,22-23,32,35H,3,5,7-8,11-12H2,1-2H3,(H,33,34)/t17-,18-,22-,23+,25-,26-,27-/m0/s1. The Bertz CT molecular complexity index is 1270. The summed E-state index contributed by atoms with van der Waals surface area (Å²) in [5, 5.41) is 36.9. The fraction of sp³-hybridized carbons (Fsp3) is 0.556. The monoisotopic (exact) mass is 484 g/mol. The molecule has 35 heavy (non-hydrogen) atoms. The molecule has 6 nitrogen and oxygen atoms in total. The highest BCUT2D eigenvalue weighted by atomic mass is 19.2. The van der Waals surface area contributed by atoms with E-state index in [0.717, 1.165) is 36.2 Å². The van der Waals surface area contributed by atoms with Crippen molar-refractivity contribution in [3.05, 3.63) is 52.9 Å². The number of aliphatic hydroxyl groups excluding tert-OH is 1. The van der Waals surface area contributed by atoms with Crippen LogP contribution in [0.1, 0.15) is 57.2 Å². The van der Waals surface area contributed by atoms with Gasteiger partial charge in [0, 0.05) is 11.5 Å². The quantitative estimate of drug-likeness (QED) is 0.596. The van der Waals surface area contributed by atoms with Crippen molar-refractivity contribution in [2.24, 2.45) is 28.6 Å². The predicted molar refractivity (Wildman–Crippen MR) is 124 cm³/mol. The van der Waals surface area contributed by atoms with Gasteiger partial charge in [-0.2, -0.15) is 5.10 Å². The van der Waals surface area contributed by atoms with Crippen molar-refractivity contribution in [1.29, 1.82) is 0 Å². The minimum absolute atomic E-state index is 0.0293. The molecule has 0 amide bonds. The minimum Gasteiger partial charge on any atom is -0.479 e. The molecule has 0 spiro atoms. The lowest BCUT2D eigenvalue weighted by Crippen LogP contribution is -2.61. The van der Waals surface area contributed by atoms with Gasteiger partial charge in [-0.15, -0.1) is 0 Å². The van der Waals surface area contributed by atoms with E-state index in [4.69, 9.17) is 0 Å². The van der Waals surface area contributed by atoms with E-state index >= 15 is 0 Å². The van der Waals surface area contributed by atoms with Crippen molar-refractivity contribution in [3.8, 4) is 5.69 Å². The second kappa shape index (κ2) is 7.23. The van der Waals surface area contributed by atoms with Gasteiger partial charge >= 0.3 is 5.97 Å². The van der Waals surface area contributed by atoms with E-state index in [1.54, 1.807) is 10.9 Å². The molecule has 8 heteroatoms. The van der Waals surface area contributed by atoms with Gasteiger partial charge in [-0.05, 0) is 85.5 Å². The fourth-order valence-electron chi connectivity index (χ4n) is 8.36. The van der Waals surface area contributed by atoms with Crippen LogP contribution in [0, 0.1) is 40.2 Å². The molecule has 1 aromatic carbocycles. The van der Waals surface area contributed by atoms with Crippen LogP contribution in [0.4, 0.5) is 8.78 Å². The molecule has 3 saturated carbocycles. The Balaban J connectivity index is 1.38. The maximum Gasteiger partial charge on any atom is 0.336 e. The number of hydrogen-bond acceptors (Lipinski definition) is 4. The van der Waals surface area contributed by atoms with E-state index in [9.17, 15) is 28.9 Å². The summed E-state index contributed by atoms with van der Waals surface area (Å²) in [7, 11) is 0. The van der Waals surface area contributed by atoms with Crippen molar-refractivity contribution in [1.82, 2.24) is 9.78 Å². The summed E-state index contributed by atoms with van der Waals surface area (Å²) in [6.07, 6.45) is 6.49. The maximum absolute atomic E-state index is 13.9. The zero-order valence-corrected chi connectivity index (χ0v) is 19.8. The number of benzene rings is 1. The first-order valence-electron chi connectivity index (χ1n) is 12.4. The molecule has 2 aromatic rings. The van der Waals surface area contributed by atoms with Gasteiger partial charge in [0.05, 0.1) is 23.7 Å². The first-order chi connectivity index (χ1) is 16.5. The van der Waals surface area contributed by atoms with Crippen molar-refractivity contribution in [2.45, 2.75) is 64.1 Å². The highest BCUT2D eigenvalue weighted by Crippen LogP contribution is 2.67. The van der Waals surface area contributed by atoms with Crippen molar-refractivity contribution in [3.63, 3.8) is 0 Å². The Hall–Kier alpha value is -2.58. The van der Waals surface area contributed by atoms with Crippen molar-refractivity contribution in [2.75, 3.05) is 0 Å². The average molecular weight is 485 g/mol. The fourth-order valence-corrected chi connectivity index (χ4v) is 8.36. The topological polar surface area (TPSA) is 95.6 Å². The second-order valence-corrected chi connectivity index (χ2v) is 11.6. The van der Waals surface area contributed by atoms with Gasteiger partial charge in [0.2, 0.25) is 0 Å². The largest absolute Gasteiger partial charge is 0.479 e. The highest BCUT2D eigenvalue weighted by Gasteiger charge is 2.68. The number of allylic oxidation sites excluding steroid dienone is 1. The Morgan fingerprint density at radius 1 is 1.20 bits per heavy atom. The average Bonchev–Trinajstić information content (AvgIpc) is 3.31. The number of aromatic nitrogens is 2. The van der Waals surface area contributed by atoms with Crippen LogP contribution in [0.25, 0.3) is 11.8 Å². The SMILES string of the molecule is C[C@]12Cc3cnn(-c4ccc(F)c(F)c4)c3C=C1CC[C@@H]1[C@@H]2[C@@H](O)C[C@@]2(C)[C@H]1CC[C@]2(O)C(=O)O. The number of fused-ring (bicyclic) bond motifs is 6. The number of carboxylic acids is 1. The normalized spacial score (nSPS) is 39.8. The molecule has 4 aliphatic carbocycles. The van der Waals surface area contributed by atoms with Gasteiger partial charge in [-0.1, -0.05) is 19.4 Å². The van der Waals surface area contributed by atoms with Gasteiger partial charge in [-0.25, -0.2) is 18.3 Å². The van der Waals surface area contributed by atoms with E-state index in [2.05, 4.69) is 18.1 Å². The highest BCUT2D eigenvalue weighted by molar-refractivity contribution is 5.79. The second-order valence-electron chi connectivity index (χ2n) is 11.6. The maximum atomic E-state index is 13.9. The molecule has 0 aliphatic heterocycles. The molecule has 7 atom stereocenters. The first kappa shape index (κ1) is 22.9. The summed E-state index contributed by atoms with van der Waals surface area (Å²) in [5.74, 6) is -2.94. The lowest BCUT2D eigenvalue weighted by atomic mass is 9.45. The third-order valence-corrected chi connectivity index (χ3v) is 10.1. The van der Waals surface area contributed by atoms with Crippen LogP contribution < -0.4 is 0 Å². The van der Waals surface area contributed by atoms with Crippen LogP contribution in [0.2, 0.25) is 0 Å². The van der Waals surface area contributed by atoms with E-state index in [-0.39, 0.29) is 36.0 Å². The zero-order valence-electron chi connectivity index (χ0n) is 19.8. The summed E-state index contributed by atoms with van der Waals surface area (Å²) in [6.45, 7) is 4.02. The number of halogens is 2. The molecule has 1 heterocycles. The number of rotatable bonds is 2. The molecule has 3 fully saturated rings. The number of nitrogens with zero attached hydrogens (tertiary/aromatic N) is 2. The Morgan fingerprint density at radius 2 is 1.97 bits per heavy atom. The number of carboxylic acid groups (broad SMARTS) is 1. The number of hydrogen-bond donors (Lipinski definition) is 3. The molecule has 0 radical (unpaired) electrons. The molecular weight excluding hydrogens is 454 g/mol. The van der Waals surface area contributed by atoms with Crippen LogP contribution >= 0.6 is 0 Å². The van der Waals surface area contributed by atoms with Crippen LogP contribution in [-0.2, 0) is 11.2 Å². The van der Waals surface area contributed by atoms with E-state index < -0.39 is 34.7 Å². The molecule has 3 N–H and O–H groups in total. The Kier molecular flexibility index (Phi) is 4.72. The summed E-state index contributed by atoms with van der Waals surface area (Å²) in [6, 6.07) is 3.74. The molecule has 186 valence electrons. The van der Waals surface area contributed by atoms with Gasteiger partial charge in [0.1, 0.15) is 0 Å². The van der Waals surface area contributed by atoms with Crippen molar-refractivity contribution < 1.29 is 28.9 Å². The zero-order chi connectivity index (χ0) is 24.9. The molecule has 4 aliphatic rings. The van der Waals surface area contributed by atoms with E-state index in [0.29, 0.717) is 18.5 Å². The predicted octanol–water partition coefficient (Wildman–Crippen LogP) is 4.12. The van der Waals surface area contributed by atoms with E-state index in [1.807, 2.05) is 6.92 Å².